The Labute approximate surface area is 225 Å². The van der Waals surface area contributed by atoms with E-state index in [0.29, 0.717) is 41.2 Å². The van der Waals surface area contributed by atoms with Crippen molar-refractivity contribution in [3.05, 3.63) is 83.1 Å². The van der Waals surface area contributed by atoms with Crippen LogP contribution >= 0.6 is 0 Å². The highest BCUT2D eigenvalue weighted by molar-refractivity contribution is 6.12. The fourth-order valence-electron chi connectivity index (χ4n) is 6.02. The largest absolute Gasteiger partial charge is 0.493 e. The Balaban J connectivity index is 1.65. The van der Waals surface area contributed by atoms with E-state index in [-0.39, 0.29) is 5.78 Å². The molecule has 1 atom stereocenters. The predicted octanol–water partition coefficient (Wildman–Crippen LogP) is 6.49. The molecule has 2 aliphatic rings. The minimum absolute atomic E-state index is 0.0794. The number of aromatic nitrogens is 2. The average molecular weight is 519 g/mol. The molecule has 4 aromatic carbocycles. The lowest BCUT2D eigenvalue weighted by Gasteiger charge is -2.34. The molecular weight excluding hydrogens is 492 g/mol. The van der Waals surface area contributed by atoms with Gasteiger partial charge in [-0.15, -0.1) is 0 Å². The summed E-state index contributed by atoms with van der Waals surface area (Å²) in [6.07, 6.45) is 1.92. The maximum absolute atomic E-state index is 13.6. The van der Waals surface area contributed by atoms with Crippen LogP contribution in [0.25, 0.3) is 32.8 Å². The zero-order valence-corrected chi connectivity index (χ0v) is 21.9. The molecule has 5 aromatic rings. The molecule has 1 aromatic heterocycles. The van der Waals surface area contributed by atoms with E-state index in [9.17, 15) is 4.79 Å². The van der Waals surface area contributed by atoms with Crippen LogP contribution in [-0.2, 0) is 4.79 Å². The fourth-order valence-corrected chi connectivity index (χ4v) is 6.02. The van der Waals surface area contributed by atoms with E-state index < -0.39 is 5.92 Å². The molecule has 0 N–H and O–H groups in total. The molecule has 0 spiro atoms. The molecule has 7 heteroatoms. The van der Waals surface area contributed by atoms with Crippen molar-refractivity contribution >= 4 is 38.6 Å². The molecule has 7 nitrogen and oxygen atoms in total. The van der Waals surface area contributed by atoms with Crippen molar-refractivity contribution in [1.29, 1.82) is 0 Å². The summed E-state index contributed by atoms with van der Waals surface area (Å²) >= 11 is 0. The zero-order chi connectivity index (χ0) is 26.7. The van der Waals surface area contributed by atoms with Crippen molar-refractivity contribution in [1.82, 2.24) is 9.97 Å². The summed E-state index contributed by atoms with van der Waals surface area (Å²) in [6, 6.07) is 19.8. The lowest BCUT2D eigenvalue weighted by Crippen LogP contribution is -2.26. The normalized spacial score (nSPS) is 16.7. The van der Waals surface area contributed by atoms with E-state index in [0.717, 1.165) is 56.4 Å². The van der Waals surface area contributed by atoms with E-state index in [1.54, 1.807) is 21.3 Å². The number of carbonyl (C=O) groups excluding carboxylic acids is 1. The Morgan fingerprint density at radius 2 is 1.44 bits per heavy atom. The zero-order valence-electron chi connectivity index (χ0n) is 21.9. The number of para-hydroxylation sites is 2. The highest BCUT2D eigenvalue weighted by Crippen LogP contribution is 2.53. The van der Waals surface area contributed by atoms with E-state index >= 15 is 0 Å². The molecule has 0 radical (unpaired) electrons. The van der Waals surface area contributed by atoms with Crippen LogP contribution in [0.4, 0.5) is 0 Å². The lowest BCUT2D eigenvalue weighted by molar-refractivity contribution is -0.116. The van der Waals surface area contributed by atoms with E-state index in [1.165, 1.54) is 0 Å². The number of carbonyl (C=O) groups is 1. The van der Waals surface area contributed by atoms with Crippen molar-refractivity contribution in [2.24, 2.45) is 0 Å². The molecule has 0 amide bonds. The molecule has 7 rings (SSSR count). The first kappa shape index (κ1) is 23.5. The van der Waals surface area contributed by atoms with Crippen LogP contribution in [0, 0.1) is 0 Å². The molecule has 194 valence electrons. The second-order valence-corrected chi connectivity index (χ2v) is 9.81. The van der Waals surface area contributed by atoms with Gasteiger partial charge in [-0.25, -0.2) is 9.97 Å². The first-order valence-corrected chi connectivity index (χ1v) is 13.0. The monoisotopic (exact) mass is 518 g/mol. The van der Waals surface area contributed by atoms with Gasteiger partial charge in [-0.1, -0.05) is 36.4 Å². The summed E-state index contributed by atoms with van der Waals surface area (Å²) < 4.78 is 23.7. The number of ketones is 1. The summed E-state index contributed by atoms with van der Waals surface area (Å²) in [5, 5.41) is 1.89. The van der Waals surface area contributed by atoms with Crippen molar-refractivity contribution in [2.75, 3.05) is 21.3 Å². The summed E-state index contributed by atoms with van der Waals surface area (Å²) in [7, 11) is 4.77. The molecule has 2 heterocycles. The van der Waals surface area contributed by atoms with Gasteiger partial charge in [0, 0.05) is 40.7 Å². The molecule has 0 saturated carbocycles. The van der Waals surface area contributed by atoms with Gasteiger partial charge >= 0.3 is 0 Å². The molecule has 1 aliphatic heterocycles. The topological polar surface area (TPSA) is 79.8 Å². The third-order valence-corrected chi connectivity index (χ3v) is 7.73. The second-order valence-electron chi connectivity index (χ2n) is 9.81. The van der Waals surface area contributed by atoms with E-state index in [2.05, 4.69) is 6.07 Å². The van der Waals surface area contributed by atoms with Gasteiger partial charge in [0.25, 0.3) is 0 Å². The van der Waals surface area contributed by atoms with Crippen LogP contribution in [0.3, 0.4) is 0 Å². The van der Waals surface area contributed by atoms with Crippen molar-refractivity contribution in [2.45, 2.75) is 25.2 Å². The molecule has 0 fully saturated rings. The maximum Gasteiger partial charge on any atom is 0.203 e. The molecular formula is C32H26N2O5. The summed E-state index contributed by atoms with van der Waals surface area (Å²) in [5.74, 6) is 2.60. The number of nitrogens with zero attached hydrogens (tertiary/aromatic N) is 2. The number of fused-ring (bicyclic) bond motifs is 7. The van der Waals surface area contributed by atoms with Gasteiger partial charge < -0.3 is 18.9 Å². The number of Topliss-reactive ketones (excluding diaryl/α,β-unsaturated/α-hetero) is 1. The van der Waals surface area contributed by atoms with Gasteiger partial charge in [-0.2, -0.15) is 0 Å². The van der Waals surface area contributed by atoms with Crippen LogP contribution in [0.1, 0.15) is 36.3 Å². The second kappa shape index (κ2) is 8.98. The predicted molar refractivity (Wildman–Crippen MR) is 149 cm³/mol. The number of benzene rings is 4. The highest BCUT2D eigenvalue weighted by Gasteiger charge is 2.40. The van der Waals surface area contributed by atoms with Crippen molar-refractivity contribution in [3.8, 4) is 23.0 Å². The summed E-state index contributed by atoms with van der Waals surface area (Å²) in [6.45, 7) is 0. The van der Waals surface area contributed by atoms with E-state index in [4.69, 9.17) is 28.9 Å². The highest BCUT2D eigenvalue weighted by atomic mass is 16.5. The Hall–Kier alpha value is -4.65. The van der Waals surface area contributed by atoms with Gasteiger partial charge in [-0.3, -0.25) is 4.79 Å². The number of hydrogen-bond donors (Lipinski definition) is 0. The first-order valence-electron chi connectivity index (χ1n) is 13.0. The molecule has 0 saturated heterocycles. The van der Waals surface area contributed by atoms with Crippen LogP contribution in [0.15, 0.2) is 72.0 Å². The maximum atomic E-state index is 13.6. The summed E-state index contributed by atoms with van der Waals surface area (Å²) in [5.41, 5.74) is 5.40. The minimum atomic E-state index is -0.451. The molecule has 0 unspecified atom stereocenters. The average Bonchev–Trinajstić information content (AvgIpc) is 2.98. The quantitative estimate of drug-likeness (QED) is 0.199. The number of ether oxygens (including phenoxy) is 4. The smallest absolute Gasteiger partial charge is 0.203 e. The summed E-state index contributed by atoms with van der Waals surface area (Å²) in [4.78, 5) is 23.8. The van der Waals surface area contributed by atoms with Gasteiger partial charge in [0.15, 0.2) is 17.3 Å². The molecule has 39 heavy (non-hydrogen) atoms. The Morgan fingerprint density at radius 3 is 2.10 bits per heavy atom. The van der Waals surface area contributed by atoms with Gasteiger partial charge in [0.05, 0.1) is 43.4 Å². The van der Waals surface area contributed by atoms with Gasteiger partial charge in [0.2, 0.25) is 5.75 Å². The standard InChI is InChI=1S/C32H26N2O5/c1-36-24-15-17(16-25(37-2)32(24)38-3)26-27-22(35)13-8-14-23(27)39-31-19-10-5-4-9-18(19)29-30(28(26)31)34-21-12-7-6-11-20(21)33-29/h4-7,9-12,15-16,26H,8,13-14H2,1-3H3/t26-/m1/s1. The van der Waals surface area contributed by atoms with Crippen LogP contribution in [0.5, 0.6) is 23.0 Å². The van der Waals surface area contributed by atoms with E-state index in [1.807, 2.05) is 54.6 Å². The Morgan fingerprint density at radius 1 is 0.795 bits per heavy atom. The lowest BCUT2D eigenvalue weighted by atomic mass is 9.75. The van der Waals surface area contributed by atoms with Crippen molar-refractivity contribution < 1.29 is 23.7 Å². The Bertz CT molecular complexity index is 1830. The fraction of sp³-hybridized carbons (Fsp3) is 0.219. The minimum Gasteiger partial charge on any atom is -0.493 e. The molecule has 1 aliphatic carbocycles. The number of allylic oxidation sites excluding steroid dienone is 2. The van der Waals surface area contributed by atoms with Gasteiger partial charge in [0.1, 0.15) is 11.5 Å². The number of methoxy groups -OCH3 is 3. The first-order chi connectivity index (χ1) is 19.1. The number of hydrogen-bond acceptors (Lipinski definition) is 7. The van der Waals surface area contributed by atoms with Gasteiger partial charge in [-0.05, 0) is 36.2 Å². The third kappa shape index (κ3) is 3.46. The molecule has 0 bridgehead atoms. The van der Waals surface area contributed by atoms with Crippen LogP contribution in [-0.4, -0.2) is 37.1 Å². The number of rotatable bonds is 4. The van der Waals surface area contributed by atoms with Crippen LogP contribution in [0.2, 0.25) is 0 Å². The van der Waals surface area contributed by atoms with Crippen molar-refractivity contribution in [3.63, 3.8) is 0 Å². The van der Waals surface area contributed by atoms with Crippen LogP contribution < -0.4 is 18.9 Å². The Kier molecular flexibility index (Phi) is 5.40. The SMILES string of the molecule is COc1cc([C@@H]2C3=C(CCCC3=O)Oc3c2c2nc4ccccc4nc2c2ccccc32)cc(OC)c1OC. The third-order valence-electron chi connectivity index (χ3n) is 7.73.